The minimum atomic E-state index is -0.423. The fourth-order valence-corrected chi connectivity index (χ4v) is 0.770. The summed E-state index contributed by atoms with van der Waals surface area (Å²) in [6.45, 7) is 4.00. The molecule has 0 bridgehead atoms. The molecule has 1 unspecified atom stereocenters. The molecule has 0 heterocycles. The number of rotatable bonds is 11. The molecule has 18 heavy (non-hydrogen) atoms. The van der Waals surface area contributed by atoms with E-state index in [1.165, 1.54) is 0 Å². The second-order valence-electron chi connectivity index (χ2n) is 3.32. The molecule has 0 saturated carbocycles. The van der Waals surface area contributed by atoms with Crippen molar-refractivity contribution in [3.8, 4) is 0 Å². The Hall–Kier alpha value is -0.280. The predicted molar refractivity (Wildman–Crippen MR) is 65.4 cm³/mol. The van der Waals surface area contributed by atoms with Gasteiger partial charge in [0.05, 0.1) is 65.6 Å². The van der Waals surface area contributed by atoms with Crippen molar-refractivity contribution in [3.63, 3.8) is 0 Å². The molecule has 0 rings (SSSR count). The van der Waals surface area contributed by atoms with Crippen LogP contribution in [-0.2, 0) is 14.2 Å². The molecule has 0 amide bonds. The molecular formula is C11H26O7. The molecule has 112 valence electrons. The van der Waals surface area contributed by atoms with Gasteiger partial charge in [0.2, 0.25) is 0 Å². The van der Waals surface area contributed by atoms with Crippen molar-refractivity contribution in [3.05, 3.63) is 0 Å². The highest BCUT2D eigenvalue weighted by Gasteiger charge is 1.94. The minimum absolute atomic E-state index is 0.0278. The Kier molecular flexibility index (Phi) is 21.2. The molecule has 0 aliphatic heterocycles. The maximum atomic E-state index is 8.75. The van der Waals surface area contributed by atoms with Crippen LogP contribution in [-0.4, -0.2) is 86.0 Å². The lowest BCUT2D eigenvalue weighted by Crippen LogP contribution is -2.14. The third-order valence-electron chi connectivity index (χ3n) is 1.44. The van der Waals surface area contributed by atoms with Crippen LogP contribution in [0.1, 0.15) is 6.92 Å². The molecule has 0 fully saturated rings. The molecule has 7 nitrogen and oxygen atoms in total. The lowest BCUT2D eigenvalue weighted by molar-refractivity contribution is 0.00292. The van der Waals surface area contributed by atoms with Crippen LogP contribution in [0.5, 0.6) is 0 Å². The van der Waals surface area contributed by atoms with Crippen LogP contribution in [0, 0.1) is 0 Å². The fourth-order valence-electron chi connectivity index (χ4n) is 0.770. The molecule has 0 aromatic rings. The van der Waals surface area contributed by atoms with Crippen LogP contribution in [0.3, 0.4) is 0 Å². The summed E-state index contributed by atoms with van der Waals surface area (Å²) >= 11 is 0. The Bertz CT molecular complexity index is 129. The van der Waals surface area contributed by atoms with E-state index in [9.17, 15) is 0 Å². The molecule has 4 N–H and O–H groups in total. The van der Waals surface area contributed by atoms with E-state index in [-0.39, 0.29) is 19.8 Å². The van der Waals surface area contributed by atoms with Crippen LogP contribution < -0.4 is 0 Å². The molecule has 0 aliphatic carbocycles. The largest absolute Gasteiger partial charge is 0.394 e. The average Bonchev–Trinajstić information content (AvgIpc) is 2.35. The van der Waals surface area contributed by atoms with E-state index in [4.69, 9.17) is 29.9 Å². The van der Waals surface area contributed by atoms with E-state index in [0.717, 1.165) is 0 Å². The van der Waals surface area contributed by atoms with E-state index in [2.05, 4.69) is 4.74 Å². The monoisotopic (exact) mass is 270 g/mol. The molecule has 0 saturated heterocycles. The maximum absolute atomic E-state index is 8.75. The Morgan fingerprint density at radius 1 is 0.722 bits per heavy atom. The molecule has 0 aliphatic rings. The number of hydrogen-bond acceptors (Lipinski definition) is 7. The first-order valence-electron chi connectivity index (χ1n) is 5.92. The SMILES string of the molecule is CC(O)COCCOCCO.OCCOCCO. The van der Waals surface area contributed by atoms with Gasteiger partial charge in [0, 0.05) is 0 Å². The summed E-state index contributed by atoms with van der Waals surface area (Å²) in [5.41, 5.74) is 0. The van der Waals surface area contributed by atoms with Crippen LogP contribution in [0.2, 0.25) is 0 Å². The van der Waals surface area contributed by atoms with Crippen molar-refractivity contribution in [1.82, 2.24) is 0 Å². The zero-order chi connectivity index (χ0) is 14.1. The van der Waals surface area contributed by atoms with Gasteiger partial charge in [-0.2, -0.15) is 0 Å². The quantitative estimate of drug-likeness (QED) is 0.334. The Morgan fingerprint density at radius 2 is 1.11 bits per heavy atom. The Morgan fingerprint density at radius 3 is 1.50 bits per heavy atom. The summed E-state index contributed by atoms with van der Waals surface area (Å²) < 4.78 is 14.5. The van der Waals surface area contributed by atoms with Gasteiger partial charge in [0.1, 0.15) is 0 Å². The van der Waals surface area contributed by atoms with Crippen molar-refractivity contribution in [2.75, 3.05) is 59.5 Å². The van der Waals surface area contributed by atoms with Crippen LogP contribution in [0.15, 0.2) is 0 Å². The smallest absolute Gasteiger partial charge is 0.0745 e. The summed E-state index contributed by atoms with van der Waals surface area (Å²) in [4.78, 5) is 0. The summed E-state index contributed by atoms with van der Waals surface area (Å²) in [5.74, 6) is 0. The van der Waals surface area contributed by atoms with Crippen LogP contribution in [0.25, 0.3) is 0 Å². The van der Waals surface area contributed by atoms with Gasteiger partial charge in [-0.1, -0.05) is 0 Å². The highest BCUT2D eigenvalue weighted by atomic mass is 16.5. The lowest BCUT2D eigenvalue weighted by atomic mass is 10.4. The first-order valence-corrected chi connectivity index (χ1v) is 5.92. The van der Waals surface area contributed by atoms with Crippen molar-refractivity contribution in [1.29, 1.82) is 0 Å². The first-order chi connectivity index (χ1) is 8.68. The van der Waals surface area contributed by atoms with Gasteiger partial charge in [-0.3, -0.25) is 0 Å². The fraction of sp³-hybridized carbons (Fsp3) is 1.00. The van der Waals surface area contributed by atoms with E-state index >= 15 is 0 Å². The molecule has 0 spiro atoms. The molecule has 7 heteroatoms. The molecule has 0 aromatic carbocycles. The second kappa shape index (κ2) is 19.1. The van der Waals surface area contributed by atoms with Crippen LogP contribution in [0.4, 0.5) is 0 Å². The predicted octanol–water partition coefficient (Wildman–Crippen LogP) is -1.62. The zero-order valence-electron chi connectivity index (χ0n) is 11.0. The van der Waals surface area contributed by atoms with Crippen molar-refractivity contribution < 1.29 is 34.6 Å². The van der Waals surface area contributed by atoms with E-state index in [0.29, 0.717) is 39.6 Å². The first kappa shape index (κ1) is 20.0. The molecule has 1 atom stereocenters. The van der Waals surface area contributed by atoms with E-state index in [1.54, 1.807) is 6.92 Å². The van der Waals surface area contributed by atoms with Gasteiger partial charge in [0.25, 0.3) is 0 Å². The van der Waals surface area contributed by atoms with Gasteiger partial charge in [-0.15, -0.1) is 0 Å². The molecular weight excluding hydrogens is 244 g/mol. The van der Waals surface area contributed by atoms with Gasteiger partial charge in [0.15, 0.2) is 0 Å². The highest BCUT2D eigenvalue weighted by Crippen LogP contribution is 1.83. The number of hydrogen-bond donors (Lipinski definition) is 4. The summed E-state index contributed by atoms with van der Waals surface area (Å²) in [7, 11) is 0. The third-order valence-corrected chi connectivity index (χ3v) is 1.44. The van der Waals surface area contributed by atoms with Crippen LogP contribution >= 0.6 is 0 Å². The van der Waals surface area contributed by atoms with E-state index in [1.807, 2.05) is 0 Å². The van der Waals surface area contributed by atoms with Crippen molar-refractivity contribution in [2.45, 2.75) is 13.0 Å². The van der Waals surface area contributed by atoms with Crippen molar-refractivity contribution >= 4 is 0 Å². The van der Waals surface area contributed by atoms with Gasteiger partial charge < -0.3 is 34.6 Å². The van der Waals surface area contributed by atoms with Gasteiger partial charge >= 0.3 is 0 Å². The summed E-state index contributed by atoms with van der Waals surface area (Å²) in [6, 6.07) is 0. The summed E-state index contributed by atoms with van der Waals surface area (Å²) in [6.07, 6.45) is -0.423. The zero-order valence-corrected chi connectivity index (χ0v) is 11.0. The summed E-state index contributed by atoms with van der Waals surface area (Å²) in [5, 5.41) is 33.2. The molecule has 0 radical (unpaired) electrons. The average molecular weight is 270 g/mol. The number of aliphatic hydroxyl groups excluding tert-OH is 4. The lowest BCUT2D eigenvalue weighted by Gasteiger charge is -2.05. The Balaban J connectivity index is 0. The minimum Gasteiger partial charge on any atom is -0.394 e. The third kappa shape index (κ3) is 24.8. The Labute approximate surface area is 108 Å². The number of ether oxygens (including phenoxy) is 3. The normalized spacial score (nSPS) is 11.8. The van der Waals surface area contributed by atoms with Gasteiger partial charge in [-0.05, 0) is 6.92 Å². The standard InChI is InChI=1S/C7H16O4.C4H10O3/c1-7(9)6-11-5-4-10-3-2-8;5-1-3-7-4-2-6/h7-9H,2-6H2,1H3;5-6H,1-4H2. The topological polar surface area (TPSA) is 109 Å². The van der Waals surface area contributed by atoms with Gasteiger partial charge in [-0.25, -0.2) is 0 Å². The molecule has 0 aromatic heterocycles. The van der Waals surface area contributed by atoms with E-state index < -0.39 is 6.10 Å². The van der Waals surface area contributed by atoms with Crippen molar-refractivity contribution in [2.24, 2.45) is 0 Å². The second-order valence-corrected chi connectivity index (χ2v) is 3.32. The maximum Gasteiger partial charge on any atom is 0.0745 e. The highest BCUT2D eigenvalue weighted by molar-refractivity contribution is 4.40. The number of aliphatic hydroxyl groups is 4.